The van der Waals surface area contributed by atoms with Crippen molar-refractivity contribution in [2.24, 2.45) is 0 Å². The molecule has 9 nitrogen and oxygen atoms in total. The van der Waals surface area contributed by atoms with E-state index in [-0.39, 0.29) is 13.2 Å². The second kappa shape index (κ2) is 12.5. The number of benzene rings is 3. The van der Waals surface area contributed by atoms with Crippen molar-refractivity contribution in [1.29, 1.82) is 0 Å². The summed E-state index contributed by atoms with van der Waals surface area (Å²) in [6.45, 7) is -1.40. The monoisotopic (exact) mass is 608 g/mol. The number of ether oxygens (including phenoxy) is 1. The third kappa shape index (κ3) is 5.95. The van der Waals surface area contributed by atoms with Crippen molar-refractivity contribution in [1.82, 2.24) is 19.1 Å². The fourth-order valence-corrected chi connectivity index (χ4v) is 6.26. The number of H-pyrrole nitrogens is 1. The van der Waals surface area contributed by atoms with Crippen LogP contribution in [0.15, 0.2) is 107 Å². The smallest absolute Gasteiger partial charge is 0.350 e. The van der Waals surface area contributed by atoms with E-state index in [4.69, 9.17) is 20.5 Å². The standard InChI is InChI=1S/C31H34ClN4O5P/c1-23-19-36(30(38)33-29(23)37)28-21-35(20-27(41-28)22-40-42(32,39)34(2)3)31(24-13-7-4-8-14-24,25-15-9-5-10-16-25)26-17-11-6-12-18-26/h4-19,27-28H,20-22H2,1-3H3,(H,33,37,38)/t27-,28+,42-/m0/s1. The Morgan fingerprint density at radius 3 is 1.90 bits per heavy atom. The summed E-state index contributed by atoms with van der Waals surface area (Å²) in [5.74, 6) is 0. The molecule has 3 atom stereocenters. The average molecular weight is 609 g/mol. The summed E-state index contributed by atoms with van der Waals surface area (Å²) in [5, 5.41) is 0. The molecule has 0 radical (unpaired) electrons. The maximum Gasteiger partial charge on any atom is 0.362 e. The van der Waals surface area contributed by atoms with Gasteiger partial charge in [-0.3, -0.25) is 23.8 Å². The number of morpholine rings is 1. The summed E-state index contributed by atoms with van der Waals surface area (Å²) < 4.78 is 27.8. The molecular formula is C31H34ClN4O5P. The molecule has 0 aliphatic carbocycles. The van der Waals surface area contributed by atoms with Gasteiger partial charge in [-0.1, -0.05) is 91.0 Å². The highest BCUT2D eigenvalue weighted by Gasteiger charge is 2.46. The molecule has 1 fully saturated rings. The Morgan fingerprint density at radius 2 is 1.43 bits per heavy atom. The van der Waals surface area contributed by atoms with Crippen molar-refractivity contribution in [3.05, 3.63) is 140 Å². The molecule has 220 valence electrons. The number of hydrogen-bond donors (Lipinski definition) is 1. The van der Waals surface area contributed by atoms with Crippen molar-refractivity contribution < 1.29 is 13.8 Å². The van der Waals surface area contributed by atoms with Crippen LogP contribution in [0.25, 0.3) is 0 Å². The van der Waals surface area contributed by atoms with Crippen LogP contribution in [0.5, 0.6) is 0 Å². The average Bonchev–Trinajstić information content (AvgIpc) is 3.00. The summed E-state index contributed by atoms with van der Waals surface area (Å²) in [7, 11) is 3.16. The van der Waals surface area contributed by atoms with Gasteiger partial charge >= 0.3 is 12.6 Å². The Bertz CT molecular complexity index is 1570. The topological polar surface area (TPSA) is 96.9 Å². The molecule has 0 spiro atoms. The molecule has 1 N–H and O–H groups in total. The van der Waals surface area contributed by atoms with Gasteiger partial charge < -0.3 is 9.26 Å². The van der Waals surface area contributed by atoms with E-state index < -0.39 is 36.0 Å². The number of aromatic amines is 1. The van der Waals surface area contributed by atoms with E-state index in [1.54, 1.807) is 21.0 Å². The number of hydrogen-bond acceptors (Lipinski definition) is 6. The number of aryl methyl sites for hydroxylation is 1. The summed E-state index contributed by atoms with van der Waals surface area (Å²) >= 11 is 6.22. The minimum Gasteiger partial charge on any atom is -0.350 e. The van der Waals surface area contributed by atoms with Gasteiger partial charge in [0.25, 0.3) is 5.56 Å². The molecule has 0 unspecified atom stereocenters. The largest absolute Gasteiger partial charge is 0.362 e. The van der Waals surface area contributed by atoms with Crippen LogP contribution in [0.1, 0.15) is 28.5 Å². The molecule has 1 aliphatic rings. The first-order valence-electron chi connectivity index (χ1n) is 13.6. The lowest BCUT2D eigenvalue weighted by molar-refractivity contribution is -0.148. The zero-order valence-electron chi connectivity index (χ0n) is 23.7. The van der Waals surface area contributed by atoms with E-state index in [0.717, 1.165) is 16.7 Å². The van der Waals surface area contributed by atoms with E-state index in [9.17, 15) is 14.2 Å². The fraction of sp³-hybridized carbons (Fsp3) is 0.290. The maximum atomic E-state index is 13.1. The molecule has 0 amide bonds. The quantitative estimate of drug-likeness (QED) is 0.212. The van der Waals surface area contributed by atoms with Gasteiger partial charge in [-0.05, 0) is 49.0 Å². The summed E-state index contributed by atoms with van der Waals surface area (Å²) in [4.78, 5) is 29.9. The van der Waals surface area contributed by atoms with Crippen LogP contribution in [0.4, 0.5) is 0 Å². The molecule has 5 rings (SSSR count). The summed E-state index contributed by atoms with van der Waals surface area (Å²) in [6.07, 6.45) is 0.0692. The van der Waals surface area contributed by atoms with Gasteiger partial charge in [0.1, 0.15) is 0 Å². The van der Waals surface area contributed by atoms with E-state index in [1.165, 1.54) is 15.4 Å². The maximum absolute atomic E-state index is 13.1. The highest BCUT2D eigenvalue weighted by atomic mass is 35.7. The lowest BCUT2D eigenvalue weighted by Gasteiger charge is -2.50. The predicted molar refractivity (Wildman–Crippen MR) is 164 cm³/mol. The van der Waals surface area contributed by atoms with Crippen molar-refractivity contribution in [2.75, 3.05) is 33.8 Å². The van der Waals surface area contributed by atoms with Crippen molar-refractivity contribution in [2.45, 2.75) is 24.8 Å². The first-order chi connectivity index (χ1) is 20.1. The summed E-state index contributed by atoms with van der Waals surface area (Å²) in [5.41, 5.74) is 1.58. The second-order valence-corrected chi connectivity index (χ2v) is 13.7. The van der Waals surface area contributed by atoms with Crippen molar-refractivity contribution in [3.8, 4) is 0 Å². The van der Waals surface area contributed by atoms with Crippen LogP contribution in [0.2, 0.25) is 0 Å². The first-order valence-corrected chi connectivity index (χ1v) is 16.1. The molecule has 1 aromatic heterocycles. The Balaban J connectivity index is 1.70. The zero-order chi connectivity index (χ0) is 29.9. The van der Waals surface area contributed by atoms with E-state index in [0.29, 0.717) is 12.1 Å². The minimum atomic E-state index is -3.59. The molecule has 42 heavy (non-hydrogen) atoms. The Labute approximate surface area is 249 Å². The predicted octanol–water partition coefficient (Wildman–Crippen LogP) is 4.96. The normalized spacial score (nSPS) is 19.5. The highest BCUT2D eigenvalue weighted by molar-refractivity contribution is 7.83. The van der Waals surface area contributed by atoms with E-state index >= 15 is 0 Å². The molecule has 4 aromatic rings. The van der Waals surface area contributed by atoms with E-state index in [2.05, 4.69) is 46.3 Å². The molecule has 1 saturated heterocycles. The molecule has 0 bridgehead atoms. The number of rotatable bonds is 9. The third-order valence-corrected chi connectivity index (χ3v) is 10.2. The van der Waals surface area contributed by atoms with Crippen LogP contribution in [0.3, 0.4) is 0 Å². The lowest BCUT2D eigenvalue weighted by atomic mass is 9.75. The van der Waals surface area contributed by atoms with Crippen molar-refractivity contribution >= 4 is 18.1 Å². The molecule has 3 aromatic carbocycles. The Kier molecular flexibility index (Phi) is 8.99. The van der Waals surface area contributed by atoms with Gasteiger partial charge in [0.15, 0.2) is 6.23 Å². The molecule has 11 heteroatoms. The summed E-state index contributed by atoms with van der Waals surface area (Å²) in [6, 6.07) is 30.5. The fourth-order valence-electron chi connectivity index (χ4n) is 5.51. The number of halogens is 1. The number of nitrogens with zero attached hydrogens (tertiary/aromatic N) is 3. The van der Waals surface area contributed by atoms with Crippen LogP contribution >= 0.6 is 18.1 Å². The third-order valence-electron chi connectivity index (χ3n) is 7.55. The van der Waals surface area contributed by atoms with E-state index in [1.807, 2.05) is 54.6 Å². The van der Waals surface area contributed by atoms with Crippen LogP contribution in [-0.4, -0.2) is 59.0 Å². The Morgan fingerprint density at radius 1 is 0.929 bits per heavy atom. The second-order valence-electron chi connectivity index (χ2n) is 10.5. The molecule has 1 aliphatic heterocycles. The minimum absolute atomic E-state index is 0.0858. The number of aromatic nitrogens is 2. The van der Waals surface area contributed by atoms with Gasteiger partial charge in [0.2, 0.25) is 0 Å². The van der Waals surface area contributed by atoms with Crippen LogP contribution < -0.4 is 11.2 Å². The molecule has 0 saturated carbocycles. The molecule has 2 heterocycles. The number of nitrogens with one attached hydrogen (secondary N) is 1. The van der Waals surface area contributed by atoms with Gasteiger partial charge in [0.05, 0.1) is 18.2 Å². The Hall–Kier alpha value is -3.30. The highest BCUT2D eigenvalue weighted by Crippen LogP contribution is 2.54. The van der Waals surface area contributed by atoms with Crippen LogP contribution in [-0.2, 0) is 19.4 Å². The van der Waals surface area contributed by atoms with Crippen LogP contribution in [0, 0.1) is 6.92 Å². The van der Waals surface area contributed by atoms with Gasteiger partial charge in [-0.2, -0.15) is 0 Å². The van der Waals surface area contributed by atoms with Gasteiger partial charge in [-0.25, -0.2) is 9.46 Å². The lowest BCUT2D eigenvalue weighted by Crippen LogP contribution is -2.58. The van der Waals surface area contributed by atoms with Gasteiger partial charge in [-0.15, -0.1) is 0 Å². The zero-order valence-corrected chi connectivity index (χ0v) is 25.4. The van der Waals surface area contributed by atoms with Crippen molar-refractivity contribution in [3.63, 3.8) is 0 Å². The first kappa shape index (κ1) is 30.2. The SMILES string of the molecule is Cc1cn([C@H]2CN(C(c3ccccc3)(c3ccccc3)c3ccccc3)C[C@@H](CO[P@@](=O)(Cl)N(C)C)O2)c(=O)[nH]c1=O. The molecular weight excluding hydrogens is 575 g/mol. The van der Waals surface area contributed by atoms with Gasteiger partial charge in [0, 0.05) is 24.8 Å².